The monoisotopic (exact) mass is 471 g/mol. The minimum Gasteiger partial charge on any atom is -0.309 e. The molecule has 6 rings (SSSR count). The standard InChI is InChI=1S/C32H17N5/c33-18-21-13-22(19-34)15-26(14-21)24-6-8-32-30(16-24)28-3-1-2-4-31(28)37(32)27-7-5-25(20-35)29(17-27)23-9-11-36-12-10-23/h1-17H. The Bertz CT molecular complexity index is 1930. The predicted octanol–water partition coefficient (Wildman–Crippen LogP) is 7.13. The molecule has 6 aromatic rings. The lowest BCUT2D eigenvalue weighted by atomic mass is 9.99. The van der Waals surface area contributed by atoms with E-state index in [9.17, 15) is 15.8 Å². The zero-order valence-corrected chi connectivity index (χ0v) is 19.6. The average molecular weight is 472 g/mol. The molecule has 0 aliphatic heterocycles. The summed E-state index contributed by atoms with van der Waals surface area (Å²) in [5.74, 6) is 0. The third-order valence-corrected chi connectivity index (χ3v) is 6.57. The van der Waals surface area contributed by atoms with Gasteiger partial charge in [0.05, 0.1) is 45.9 Å². The van der Waals surface area contributed by atoms with E-state index in [1.165, 1.54) is 0 Å². The molecule has 0 saturated heterocycles. The number of aromatic nitrogens is 2. The molecule has 170 valence electrons. The van der Waals surface area contributed by atoms with Gasteiger partial charge in [-0.15, -0.1) is 0 Å². The van der Waals surface area contributed by atoms with Gasteiger partial charge in [-0.2, -0.15) is 15.8 Å². The third kappa shape index (κ3) is 3.67. The Labute approximate surface area is 213 Å². The van der Waals surface area contributed by atoms with Crippen molar-refractivity contribution in [2.45, 2.75) is 0 Å². The van der Waals surface area contributed by atoms with Crippen LogP contribution in [0.2, 0.25) is 0 Å². The van der Waals surface area contributed by atoms with Crippen LogP contribution in [0.5, 0.6) is 0 Å². The number of rotatable bonds is 3. The summed E-state index contributed by atoms with van der Waals surface area (Å²) in [6, 6.07) is 35.9. The third-order valence-electron chi connectivity index (χ3n) is 6.57. The SMILES string of the molecule is N#Cc1cc(C#N)cc(-c2ccc3c(c2)c2ccccc2n3-c2ccc(C#N)c(-c3ccncc3)c2)c1. The molecule has 0 spiro atoms. The number of hydrogen-bond acceptors (Lipinski definition) is 4. The lowest BCUT2D eigenvalue weighted by Crippen LogP contribution is -1.96. The van der Waals surface area contributed by atoms with E-state index in [2.05, 4.69) is 52.0 Å². The second-order valence-corrected chi connectivity index (χ2v) is 8.68. The molecule has 0 atom stereocenters. The molecular formula is C32H17N5. The molecule has 0 saturated carbocycles. The first kappa shape index (κ1) is 21.8. The largest absolute Gasteiger partial charge is 0.309 e. The molecule has 0 amide bonds. The van der Waals surface area contributed by atoms with Gasteiger partial charge in [0.15, 0.2) is 0 Å². The Morgan fingerprint density at radius 1 is 0.568 bits per heavy atom. The molecule has 0 unspecified atom stereocenters. The van der Waals surface area contributed by atoms with Gasteiger partial charge in [-0.3, -0.25) is 4.98 Å². The Kier molecular flexibility index (Phi) is 5.20. The van der Waals surface area contributed by atoms with Crippen LogP contribution in [0.25, 0.3) is 49.7 Å². The van der Waals surface area contributed by atoms with Crippen molar-refractivity contribution in [1.82, 2.24) is 9.55 Å². The lowest BCUT2D eigenvalue weighted by molar-refractivity contribution is 1.18. The van der Waals surface area contributed by atoms with Crippen LogP contribution in [0.15, 0.2) is 103 Å². The smallest absolute Gasteiger partial charge is 0.0998 e. The van der Waals surface area contributed by atoms with E-state index >= 15 is 0 Å². The van der Waals surface area contributed by atoms with Crippen LogP contribution in [-0.2, 0) is 0 Å². The maximum atomic E-state index is 9.75. The van der Waals surface area contributed by atoms with Gasteiger partial charge < -0.3 is 4.57 Å². The summed E-state index contributed by atoms with van der Waals surface area (Å²) < 4.78 is 2.20. The predicted molar refractivity (Wildman–Crippen MR) is 144 cm³/mol. The van der Waals surface area contributed by atoms with Crippen LogP contribution in [0, 0.1) is 34.0 Å². The van der Waals surface area contributed by atoms with Crippen molar-refractivity contribution in [3.05, 3.63) is 120 Å². The molecule has 0 bridgehead atoms. The van der Waals surface area contributed by atoms with Crippen LogP contribution in [0.1, 0.15) is 16.7 Å². The van der Waals surface area contributed by atoms with Gasteiger partial charge in [0, 0.05) is 34.4 Å². The lowest BCUT2D eigenvalue weighted by Gasteiger charge is -2.12. The summed E-state index contributed by atoms with van der Waals surface area (Å²) in [7, 11) is 0. The van der Waals surface area contributed by atoms with Crippen LogP contribution in [0.3, 0.4) is 0 Å². The number of benzene rings is 4. The molecule has 37 heavy (non-hydrogen) atoms. The molecule has 2 aromatic heterocycles. The number of nitriles is 3. The van der Waals surface area contributed by atoms with Crippen molar-refractivity contribution >= 4 is 21.8 Å². The first-order valence-electron chi connectivity index (χ1n) is 11.6. The van der Waals surface area contributed by atoms with Gasteiger partial charge in [-0.1, -0.05) is 24.3 Å². The summed E-state index contributed by atoms with van der Waals surface area (Å²) in [5.41, 5.74) is 8.07. The van der Waals surface area contributed by atoms with Gasteiger partial charge >= 0.3 is 0 Å². The first-order valence-corrected chi connectivity index (χ1v) is 11.6. The molecule has 5 heteroatoms. The number of para-hydroxylation sites is 1. The molecule has 0 aliphatic carbocycles. The van der Waals surface area contributed by atoms with Crippen LogP contribution >= 0.6 is 0 Å². The van der Waals surface area contributed by atoms with E-state index in [0.717, 1.165) is 49.7 Å². The molecule has 0 N–H and O–H groups in total. The number of nitrogens with zero attached hydrogens (tertiary/aromatic N) is 5. The highest BCUT2D eigenvalue weighted by Crippen LogP contribution is 2.36. The van der Waals surface area contributed by atoms with E-state index in [4.69, 9.17) is 0 Å². The first-order chi connectivity index (χ1) is 18.2. The normalized spacial score (nSPS) is 10.6. The molecule has 5 nitrogen and oxygen atoms in total. The summed E-state index contributed by atoms with van der Waals surface area (Å²) in [6.07, 6.45) is 3.45. The van der Waals surface area contributed by atoms with Crippen molar-refractivity contribution in [3.63, 3.8) is 0 Å². The fourth-order valence-corrected chi connectivity index (χ4v) is 4.89. The number of pyridine rings is 1. The van der Waals surface area contributed by atoms with E-state index < -0.39 is 0 Å². The Morgan fingerprint density at radius 2 is 1.30 bits per heavy atom. The molecule has 0 fully saturated rings. The summed E-state index contributed by atoms with van der Waals surface area (Å²) in [4.78, 5) is 4.11. The highest BCUT2D eigenvalue weighted by atomic mass is 15.0. The second-order valence-electron chi connectivity index (χ2n) is 8.68. The van der Waals surface area contributed by atoms with E-state index in [0.29, 0.717) is 16.7 Å². The summed E-state index contributed by atoms with van der Waals surface area (Å²) in [6.45, 7) is 0. The van der Waals surface area contributed by atoms with Crippen molar-refractivity contribution < 1.29 is 0 Å². The van der Waals surface area contributed by atoms with Crippen LogP contribution in [-0.4, -0.2) is 9.55 Å². The summed E-state index contributed by atoms with van der Waals surface area (Å²) >= 11 is 0. The maximum Gasteiger partial charge on any atom is 0.0998 e. The van der Waals surface area contributed by atoms with Crippen molar-refractivity contribution in [2.75, 3.05) is 0 Å². The highest BCUT2D eigenvalue weighted by molar-refractivity contribution is 6.10. The van der Waals surface area contributed by atoms with Gasteiger partial charge in [0.1, 0.15) is 0 Å². The maximum absolute atomic E-state index is 9.75. The van der Waals surface area contributed by atoms with Crippen molar-refractivity contribution in [1.29, 1.82) is 15.8 Å². The minimum absolute atomic E-state index is 0.456. The number of hydrogen-bond donors (Lipinski definition) is 0. The van der Waals surface area contributed by atoms with E-state index in [1.807, 2.05) is 60.7 Å². The van der Waals surface area contributed by atoms with E-state index in [1.54, 1.807) is 18.5 Å². The molecule has 2 heterocycles. The highest BCUT2D eigenvalue weighted by Gasteiger charge is 2.15. The second kappa shape index (κ2) is 8.82. The zero-order valence-electron chi connectivity index (χ0n) is 19.6. The Balaban J connectivity index is 1.60. The molecule has 0 aliphatic rings. The fourth-order valence-electron chi connectivity index (χ4n) is 4.89. The number of fused-ring (bicyclic) bond motifs is 3. The van der Waals surface area contributed by atoms with Crippen LogP contribution < -0.4 is 0 Å². The van der Waals surface area contributed by atoms with Gasteiger partial charge in [0.25, 0.3) is 0 Å². The zero-order chi connectivity index (χ0) is 25.4. The van der Waals surface area contributed by atoms with Crippen LogP contribution in [0.4, 0.5) is 0 Å². The quantitative estimate of drug-likeness (QED) is 0.275. The van der Waals surface area contributed by atoms with Crippen molar-refractivity contribution in [2.24, 2.45) is 0 Å². The minimum atomic E-state index is 0.456. The van der Waals surface area contributed by atoms with Gasteiger partial charge in [-0.05, 0) is 83.4 Å². The molecule has 4 aromatic carbocycles. The average Bonchev–Trinajstić information content (AvgIpc) is 3.30. The summed E-state index contributed by atoms with van der Waals surface area (Å²) in [5, 5.41) is 30.7. The Hall–Kier alpha value is -5.70. The Morgan fingerprint density at radius 3 is 2.03 bits per heavy atom. The van der Waals surface area contributed by atoms with Gasteiger partial charge in [-0.25, -0.2) is 0 Å². The molecular weight excluding hydrogens is 454 g/mol. The fraction of sp³-hybridized carbons (Fsp3) is 0. The van der Waals surface area contributed by atoms with Crippen molar-refractivity contribution in [3.8, 4) is 46.1 Å². The van der Waals surface area contributed by atoms with Gasteiger partial charge in [0.2, 0.25) is 0 Å². The van der Waals surface area contributed by atoms with E-state index in [-0.39, 0.29) is 0 Å². The topological polar surface area (TPSA) is 89.2 Å². The molecule has 0 radical (unpaired) electrons.